The number of rotatable bonds is 2. The van der Waals surface area contributed by atoms with Gasteiger partial charge in [-0.2, -0.15) is 0 Å². The minimum Gasteiger partial charge on any atom is -0.347 e. The molecule has 76 valence electrons. The molecule has 0 saturated heterocycles. The average Bonchev–Trinajstić information content (AvgIpc) is 2.26. The summed E-state index contributed by atoms with van der Waals surface area (Å²) in [5, 5.41) is 3.08. The third kappa shape index (κ3) is 2.70. The van der Waals surface area contributed by atoms with Crippen LogP contribution < -0.4 is 16.6 Å². The molecule has 0 radical (unpaired) electrons. The van der Waals surface area contributed by atoms with E-state index >= 15 is 0 Å². The number of guanidine groups is 1. The van der Waals surface area contributed by atoms with Gasteiger partial charge in [-0.25, -0.2) is 5.84 Å². The first-order chi connectivity index (χ1) is 6.77. The largest absolute Gasteiger partial charge is 0.347 e. The molecule has 0 bridgehead atoms. The Balaban J connectivity index is 2.63. The van der Waals surface area contributed by atoms with E-state index in [2.05, 4.69) is 20.7 Å². The first-order valence-corrected chi connectivity index (χ1v) is 4.38. The van der Waals surface area contributed by atoms with Gasteiger partial charge in [-0.1, -0.05) is 6.07 Å². The van der Waals surface area contributed by atoms with Gasteiger partial charge in [-0.15, -0.1) is 0 Å². The SMILES string of the molecule is CN=C(NN)NC(C)c1ccccn1. The molecule has 0 aliphatic heterocycles. The van der Waals surface area contributed by atoms with Crippen LogP contribution in [-0.2, 0) is 0 Å². The van der Waals surface area contributed by atoms with Gasteiger partial charge in [0.2, 0.25) is 5.96 Å². The van der Waals surface area contributed by atoms with Crippen molar-refractivity contribution < 1.29 is 0 Å². The Morgan fingerprint density at radius 2 is 2.36 bits per heavy atom. The van der Waals surface area contributed by atoms with Gasteiger partial charge in [-0.05, 0) is 19.1 Å². The van der Waals surface area contributed by atoms with E-state index in [0.29, 0.717) is 5.96 Å². The molecular weight excluding hydrogens is 178 g/mol. The average molecular weight is 193 g/mol. The Morgan fingerprint density at radius 1 is 1.57 bits per heavy atom. The maximum absolute atomic E-state index is 5.25. The molecule has 0 amide bonds. The lowest BCUT2D eigenvalue weighted by atomic mass is 10.2. The van der Waals surface area contributed by atoms with E-state index in [1.165, 1.54) is 0 Å². The fraction of sp³-hybridized carbons (Fsp3) is 0.333. The molecule has 0 spiro atoms. The number of nitrogens with two attached hydrogens (primary N) is 1. The molecule has 1 aromatic heterocycles. The van der Waals surface area contributed by atoms with Crippen LogP contribution in [0.3, 0.4) is 0 Å². The van der Waals surface area contributed by atoms with Crippen LogP contribution in [-0.4, -0.2) is 18.0 Å². The first kappa shape index (κ1) is 10.5. The highest BCUT2D eigenvalue weighted by atomic mass is 15.3. The third-order valence-electron chi connectivity index (χ3n) is 1.84. The Labute approximate surface area is 83.4 Å². The Kier molecular flexibility index (Phi) is 3.87. The number of hydrogen-bond donors (Lipinski definition) is 3. The number of pyridine rings is 1. The normalized spacial score (nSPS) is 13.5. The lowest BCUT2D eigenvalue weighted by Gasteiger charge is -2.15. The topological polar surface area (TPSA) is 75.3 Å². The zero-order valence-corrected chi connectivity index (χ0v) is 8.36. The van der Waals surface area contributed by atoms with E-state index < -0.39 is 0 Å². The highest BCUT2D eigenvalue weighted by Crippen LogP contribution is 2.06. The Morgan fingerprint density at radius 3 is 2.86 bits per heavy atom. The first-order valence-electron chi connectivity index (χ1n) is 4.38. The second-order valence-electron chi connectivity index (χ2n) is 2.84. The molecule has 1 aromatic rings. The number of nitrogens with one attached hydrogen (secondary N) is 2. The summed E-state index contributed by atoms with van der Waals surface area (Å²) in [6.07, 6.45) is 1.76. The van der Waals surface area contributed by atoms with Gasteiger partial charge in [0.05, 0.1) is 11.7 Å². The van der Waals surface area contributed by atoms with Crippen LogP contribution in [0, 0.1) is 0 Å². The Bertz CT molecular complexity index is 295. The summed E-state index contributed by atoms with van der Waals surface area (Å²) in [7, 11) is 1.66. The van der Waals surface area contributed by atoms with Crippen molar-refractivity contribution in [3.8, 4) is 0 Å². The van der Waals surface area contributed by atoms with Crippen molar-refractivity contribution in [1.29, 1.82) is 0 Å². The fourth-order valence-corrected chi connectivity index (χ4v) is 1.08. The zero-order valence-electron chi connectivity index (χ0n) is 8.36. The highest BCUT2D eigenvalue weighted by Gasteiger charge is 2.06. The third-order valence-corrected chi connectivity index (χ3v) is 1.84. The summed E-state index contributed by atoms with van der Waals surface area (Å²) in [5.74, 6) is 5.79. The molecule has 14 heavy (non-hydrogen) atoms. The van der Waals surface area contributed by atoms with Crippen molar-refractivity contribution in [1.82, 2.24) is 15.7 Å². The van der Waals surface area contributed by atoms with Crippen molar-refractivity contribution in [2.75, 3.05) is 7.05 Å². The van der Waals surface area contributed by atoms with Gasteiger partial charge in [0, 0.05) is 13.2 Å². The number of aromatic nitrogens is 1. The minimum absolute atomic E-state index is 0.0750. The van der Waals surface area contributed by atoms with Gasteiger partial charge < -0.3 is 5.32 Å². The molecule has 0 aliphatic carbocycles. The van der Waals surface area contributed by atoms with Crippen LogP contribution in [0.2, 0.25) is 0 Å². The summed E-state index contributed by atoms with van der Waals surface area (Å²) < 4.78 is 0. The van der Waals surface area contributed by atoms with E-state index in [1.807, 2.05) is 25.1 Å². The van der Waals surface area contributed by atoms with E-state index in [0.717, 1.165) is 5.69 Å². The molecule has 5 nitrogen and oxygen atoms in total. The van der Waals surface area contributed by atoms with Crippen LogP contribution in [0.4, 0.5) is 0 Å². The second kappa shape index (κ2) is 5.18. The van der Waals surface area contributed by atoms with E-state index in [9.17, 15) is 0 Å². The fourth-order valence-electron chi connectivity index (χ4n) is 1.08. The summed E-state index contributed by atoms with van der Waals surface area (Å²) in [5.41, 5.74) is 3.41. The van der Waals surface area contributed by atoms with Crippen LogP contribution >= 0.6 is 0 Å². The molecule has 0 fully saturated rings. The van der Waals surface area contributed by atoms with Gasteiger partial charge in [0.1, 0.15) is 0 Å². The zero-order chi connectivity index (χ0) is 10.4. The highest BCUT2D eigenvalue weighted by molar-refractivity contribution is 5.79. The Hall–Kier alpha value is -1.62. The van der Waals surface area contributed by atoms with E-state index in [4.69, 9.17) is 5.84 Å². The monoisotopic (exact) mass is 193 g/mol. The molecule has 1 heterocycles. The molecule has 5 heteroatoms. The van der Waals surface area contributed by atoms with E-state index in [-0.39, 0.29) is 6.04 Å². The molecule has 1 rings (SSSR count). The van der Waals surface area contributed by atoms with Gasteiger partial charge in [0.25, 0.3) is 0 Å². The van der Waals surface area contributed by atoms with Crippen LogP contribution in [0.25, 0.3) is 0 Å². The van der Waals surface area contributed by atoms with E-state index in [1.54, 1.807) is 13.2 Å². The van der Waals surface area contributed by atoms with Crippen molar-refractivity contribution >= 4 is 5.96 Å². The molecule has 0 saturated carbocycles. The molecule has 0 aromatic carbocycles. The van der Waals surface area contributed by atoms with Crippen LogP contribution in [0.1, 0.15) is 18.7 Å². The molecule has 1 unspecified atom stereocenters. The van der Waals surface area contributed by atoms with Gasteiger partial charge in [0.15, 0.2) is 0 Å². The molecule has 4 N–H and O–H groups in total. The summed E-state index contributed by atoms with van der Waals surface area (Å²) in [4.78, 5) is 8.13. The smallest absolute Gasteiger partial charge is 0.205 e. The van der Waals surface area contributed by atoms with Crippen LogP contribution in [0.15, 0.2) is 29.4 Å². The molecular formula is C9H15N5. The number of nitrogens with zero attached hydrogens (tertiary/aromatic N) is 2. The predicted molar refractivity (Wildman–Crippen MR) is 56.5 cm³/mol. The standard InChI is InChI=1S/C9H15N5/c1-7(13-9(11-2)14-10)8-5-3-4-6-12-8/h3-7H,10H2,1-2H3,(H2,11,13,14). The predicted octanol–water partition coefficient (Wildman–Crippen LogP) is 0.181. The molecule has 0 aliphatic rings. The second-order valence-corrected chi connectivity index (χ2v) is 2.84. The summed E-state index contributed by atoms with van der Waals surface area (Å²) in [6, 6.07) is 5.85. The summed E-state index contributed by atoms with van der Waals surface area (Å²) >= 11 is 0. The maximum Gasteiger partial charge on any atom is 0.205 e. The number of hydrogen-bond acceptors (Lipinski definition) is 3. The minimum atomic E-state index is 0.0750. The molecule has 1 atom stereocenters. The lowest BCUT2D eigenvalue weighted by Crippen LogP contribution is -2.42. The van der Waals surface area contributed by atoms with Crippen molar-refractivity contribution in [2.24, 2.45) is 10.8 Å². The number of hydrazine groups is 1. The van der Waals surface area contributed by atoms with Crippen LogP contribution in [0.5, 0.6) is 0 Å². The van der Waals surface area contributed by atoms with Crippen molar-refractivity contribution in [3.05, 3.63) is 30.1 Å². The van der Waals surface area contributed by atoms with Gasteiger partial charge in [-0.3, -0.25) is 15.4 Å². The lowest BCUT2D eigenvalue weighted by molar-refractivity contribution is 0.670. The van der Waals surface area contributed by atoms with Gasteiger partial charge >= 0.3 is 0 Å². The van der Waals surface area contributed by atoms with Crippen molar-refractivity contribution in [2.45, 2.75) is 13.0 Å². The van der Waals surface area contributed by atoms with Crippen molar-refractivity contribution in [3.63, 3.8) is 0 Å². The number of aliphatic imine (C=N–C) groups is 1. The maximum atomic E-state index is 5.25. The quantitative estimate of drug-likeness (QED) is 0.271. The summed E-state index contributed by atoms with van der Waals surface area (Å²) in [6.45, 7) is 1.99.